The molecule has 0 aliphatic rings. The first kappa shape index (κ1) is 20.8. The molecule has 0 saturated heterocycles. The lowest BCUT2D eigenvalue weighted by atomic mass is 10.2. The number of halogens is 1. The molecular formula is C15H19ClN4O4S. The Bertz CT molecular complexity index is 654. The van der Waals surface area contributed by atoms with E-state index in [2.05, 4.69) is 20.6 Å². The maximum atomic E-state index is 10.9. The van der Waals surface area contributed by atoms with Crippen molar-refractivity contribution in [3.05, 3.63) is 38.9 Å². The number of hydrazone groups is 1. The van der Waals surface area contributed by atoms with Crippen molar-refractivity contribution in [2.45, 2.75) is 25.7 Å². The average Bonchev–Trinajstić information content (AvgIpc) is 2.58. The van der Waals surface area contributed by atoms with E-state index in [1.54, 1.807) is 6.07 Å². The Balaban J connectivity index is 2.27. The number of unbranched alkanes of at least 4 members (excludes halogenated alkanes) is 2. The minimum absolute atomic E-state index is 0.0690. The number of hydrogen-bond acceptors (Lipinski definition) is 6. The lowest BCUT2D eigenvalue weighted by Gasteiger charge is -2.06. The molecule has 0 amide bonds. The molecule has 1 aromatic rings. The fourth-order valence-electron chi connectivity index (χ4n) is 1.83. The van der Waals surface area contributed by atoms with Gasteiger partial charge in [0, 0.05) is 24.6 Å². The molecule has 0 saturated carbocycles. The van der Waals surface area contributed by atoms with Gasteiger partial charge in [-0.1, -0.05) is 24.1 Å². The highest BCUT2D eigenvalue weighted by molar-refractivity contribution is 7.80. The van der Waals surface area contributed by atoms with Crippen molar-refractivity contribution >= 4 is 46.8 Å². The van der Waals surface area contributed by atoms with Gasteiger partial charge in [0.05, 0.1) is 18.2 Å². The molecular weight excluding hydrogens is 368 g/mol. The summed E-state index contributed by atoms with van der Waals surface area (Å²) in [5.41, 5.74) is 2.97. The van der Waals surface area contributed by atoms with Crippen molar-refractivity contribution in [1.29, 1.82) is 0 Å². The average molecular weight is 387 g/mol. The Morgan fingerprint density at radius 2 is 2.20 bits per heavy atom. The van der Waals surface area contributed by atoms with Crippen LogP contribution in [0.2, 0.25) is 5.02 Å². The fraction of sp³-hybridized carbons (Fsp3) is 0.400. The van der Waals surface area contributed by atoms with Crippen LogP contribution in [0.5, 0.6) is 0 Å². The molecule has 0 aliphatic carbocycles. The van der Waals surface area contributed by atoms with E-state index in [9.17, 15) is 14.9 Å². The number of benzene rings is 1. The number of nitro groups is 1. The van der Waals surface area contributed by atoms with Crippen LogP contribution >= 0.6 is 23.8 Å². The largest absolute Gasteiger partial charge is 0.469 e. The Kier molecular flexibility index (Phi) is 9.41. The van der Waals surface area contributed by atoms with E-state index >= 15 is 0 Å². The Labute approximate surface area is 155 Å². The van der Waals surface area contributed by atoms with Gasteiger partial charge in [-0.25, -0.2) is 0 Å². The van der Waals surface area contributed by atoms with E-state index < -0.39 is 4.92 Å². The second-order valence-electron chi connectivity index (χ2n) is 4.98. The molecule has 0 bridgehead atoms. The molecule has 8 nitrogen and oxygen atoms in total. The van der Waals surface area contributed by atoms with Gasteiger partial charge in [-0.2, -0.15) is 5.10 Å². The summed E-state index contributed by atoms with van der Waals surface area (Å²) in [4.78, 5) is 21.2. The summed E-state index contributed by atoms with van der Waals surface area (Å²) in [6.45, 7) is 0.648. The van der Waals surface area contributed by atoms with Gasteiger partial charge in [-0.15, -0.1) is 0 Å². The van der Waals surface area contributed by atoms with Crippen LogP contribution in [0.3, 0.4) is 0 Å². The van der Waals surface area contributed by atoms with Crippen molar-refractivity contribution in [2.24, 2.45) is 5.10 Å². The summed E-state index contributed by atoms with van der Waals surface area (Å²) < 4.78 is 4.56. The first-order chi connectivity index (χ1) is 11.9. The highest BCUT2D eigenvalue weighted by Crippen LogP contribution is 2.24. The zero-order chi connectivity index (χ0) is 18.7. The number of nitrogens with zero attached hydrogens (tertiary/aromatic N) is 2. The van der Waals surface area contributed by atoms with Crippen LogP contribution in [0.1, 0.15) is 31.2 Å². The number of carbonyl (C=O) groups excluding carboxylic acids is 1. The van der Waals surface area contributed by atoms with Gasteiger partial charge in [-0.3, -0.25) is 20.3 Å². The van der Waals surface area contributed by atoms with Gasteiger partial charge in [0.25, 0.3) is 5.69 Å². The van der Waals surface area contributed by atoms with Gasteiger partial charge in [-0.05, 0) is 31.1 Å². The highest BCUT2D eigenvalue weighted by atomic mass is 35.5. The third-order valence-electron chi connectivity index (χ3n) is 3.12. The number of carbonyl (C=O) groups is 1. The first-order valence-electron chi connectivity index (χ1n) is 7.51. The van der Waals surface area contributed by atoms with Gasteiger partial charge in [0.1, 0.15) is 5.02 Å². The molecule has 10 heteroatoms. The van der Waals surface area contributed by atoms with E-state index in [1.165, 1.54) is 25.5 Å². The molecule has 0 aromatic heterocycles. The molecule has 0 spiro atoms. The van der Waals surface area contributed by atoms with Gasteiger partial charge in [0.15, 0.2) is 5.11 Å². The summed E-state index contributed by atoms with van der Waals surface area (Å²) in [7, 11) is 1.37. The third-order valence-corrected chi connectivity index (χ3v) is 3.67. The van der Waals surface area contributed by atoms with Gasteiger partial charge >= 0.3 is 5.97 Å². The number of methoxy groups -OCH3 is 1. The molecule has 0 heterocycles. The number of rotatable bonds is 9. The molecule has 0 aliphatic heterocycles. The van der Waals surface area contributed by atoms with E-state index in [1.807, 2.05) is 0 Å². The minimum atomic E-state index is -0.556. The molecule has 2 N–H and O–H groups in total. The Morgan fingerprint density at radius 1 is 1.44 bits per heavy atom. The van der Waals surface area contributed by atoms with E-state index in [0.29, 0.717) is 23.6 Å². The summed E-state index contributed by atoms with van der Waals surface area (Å²) in [5.74, 6) is -0.207. The summed E-state index contributed by atoms with van der Waals surface area (Å²) in [6.07, 6.45) is 4.32. The van der Waals surface area contributed by atoms with Crippen molar-refractivity contribution in [1.82, 2.24) is 10.7 Å². The van der Waals surface area contributed by atoms with Gasteiger partial charge in [0.2, 0.25) is 0 Å². The van der Waals surface area contributed by atoms with Crippen LogP contribution in [0.4, 0.5) is 5.69 Å². The number of thiocarbonyl (C=S) groups is 1. The summed E-state index contributed by atoms with van der Waals surface area (Å²) >= 11 is 10.8. The Morgan fingerprint density at radius 3 is 2.88 bits per heavy atom. The molecule has 25 heavy (non-hydrogen) atoms. The molecule has 136 valence electrons. The van der Waals surface area contributed by atoms with E-state index in [4.69, 9.17) is 23.8 Å². The predicted octanol–water partition coefficient (Wildman–Crippen LogP) is 2.78. The lowest BCUT2D eigenvalue weighted by molar-refractivity contribution is -0.384. The number of nitro benzene ring substituents is 1. The normalized spacial score (nSPS) is 10.5. The second kappa shape index (κ2) is 11.3. The van der Waals surface area contributed by atoms with Crippen molar-refractivity contribution < 1.29 is 14.5 Å². The molecule has 0 atom stereocenters. The SMILES string of the molecule is COC(=O)CCCCCNC(=S)N/N=C\c1ccc(Cl)c([N+](=O)[O-])c1. The Hall–Kier alpha value is -2.26. The van der Waals surface area contributed by atoms with Crippen molar-refractivity contribution in [3.63, 3.8) is 0 Å². The summed E-state index contributed by atoms with van der Waals surface area (Å²) in [5, 5.41) is 18.1. The quantitative estimate of drug-likeness (QED) is 0.168. The zero-order valence-corrected chi connectivity index (χ0v) is 15.2. The standard InChI is InChI=1S/C15H19ClN4O4S/c1-24-14(21)5-3-2-4-8-17-15(25)19-18-10-11-6-7-12(16)13(9-11)20(22)23/h6-7,9-10H,2-5,8H2,1H3,(H2,17,19,25)/b18-10-. The first-order valence-corrected chi connectivity index (χ1v) is 8.30. The molecule has 1 aromatic carbocycles. The second-order valence-corrected chi connectivity index (χ2v) is 5.80. The topological polar surface area (TPSA) is 106 Å². The van der Waals surface area contributed by atoms with Crippen LogP contribution < -0.4 is 10.7 Å². The molecule has 1 rings (SSSR count). The van der Waals surface area contributed by atoms with Crippen LogP contribution in [-0.4, -0.2) is 35.9 Å². The monoisotopic (exact) mass is 386 g/mol. The third kappa shape index (κ3) is 8.41. The molecule has 0 radical (unpaired) electrons. The van der Waals surface area contributed by atoms with Gasteiger partial charge < -0.3 is 10.1 Å². The number of ether oxygens (including phenoxy) is 1. The van der Waals surface area contributed by atoms with E-state index in [-0.39, 0.29) is 16.7 Å². The number of hydrogen-bond donors (Lipinski definition) is 2. The molecule has 0 fully saturated rings. The van der Waals surface area contributed by atoms with E-state index in [0.717, 1.165) is 19.3 Å². The van der Waals surface area contributed by atoms with Crippen molar-refractivity contribution in [3.8, 4) is 0 Å². The van der Waals surface area contributed by atoms with Crippen LogP contribution in [0, 0.1) is 10.1 Å². The molecule has 0 unspecified atom stereocenters. The maximum absolute atomic E-state index is 10.9. The van der Waals surface area contributed by atoms with Crippen LogP contribution in [0.25, 0.3) is 0 Å². The predicted molar refractivity (Wildman–Crippen MR) is 99.9 cm³/mol. The number of nitrogens with one attached hydrogen (secondary N) is 2. The van der Waals surface area contributed by atoms with Crippen LogP contribution in [-0.2, 0) is 9.53 Å². The van der Waals surface area contributed by atoms with Crippen LogP contribution in [0.15, 0.2) is 23.3 Å². The van der Waals surface area contributed by atoms with Crippen molar-refractivity contribution in [2.75, 3.05) is 13.7 Å². The zero-order valence-electron chi connectivity index (χ0n) is 13.7. The lowest BCUT2D eigenvalue weighted by Crippen LogP contribution is -2.32. The smallest absolute Gasteiger partial charge is 0.305 e. The summed E-state index contributed by atoms with van der Waals surface area (Å²) in [6, 6.07) is 4.37. The maximum Gasteiger partial charge on any atom is 0.305 e. The number of esters is 1. The highest BCUT2D eigenvalue weighted by Gasteiger charge is 2.11. The fourth-order valence-corrected chi connectivity index (χ4v) is 2.17. The minimum Gasteiger partial charge on any atom is -0.469 e.